The van der Waals surface area contributed by atoms with Gasteiger partial charge in [0.15, 0.2) is 0 Å². The molecule has 0 fully saturated rings. The number of ether oxygens (including phenoxy) is 1. The van der Waals surface area contributed by atoms with E-state index < -0.39 is 28.1 Å². The number of hydrogen-bond donors (Lipinski definition) is 3. The van der Waals surface area contributed by atoms with Gasteiger partial charge in [0.05, 0.1) is 35.3 Å². The van der Waals surface area contributed by atoms with E-state index in [-0.39, 0.29) is 53.5 Å². The number of aliphatic hydroxyl groups is 1. The molecule has 0 aliphatic carbocycles. The van der Waals surface area contributed by atoms with Crippen molar-refractivity contribution in [2.24, 2.45) is 5.92 Å². The first-order chi connectivity index (χ1) is 21.5. The zero-order valence-electron chi connectivity index (χ0n) is 25.1. The summed E-state index contributed by atoms with van der Waals surface area (Å²) in [4.78, 5) is 30.2. The van der Waals surface area contributed by atoms with Crippen molar-refractivity contribution in [2.75, 3.05) is 36.8 Å². The number of carbonyl (C=O) groups is 2. The third kappa shape index (κ3) is 7.16. The minimum atomic E-state index is -3.98. The minimum absolute atomic E-state index is 0.00968. The van der Waals surface area contributed by atoms with E-state index in [4.69, 9.17) is 16.3 Å². The summed E-state index contributed by atoms with van der Waals surface area (Å²) in [5.74, 6) is -0.401. The first-order valence-corrected chi connectivity index (χ1v) is 16.3. The van der Waals surface area contributed by atoms with Crippen LogP contribution in [0.25, 0.3) is 10.8 Å². The molecule has 236 valence electrons. The summed E-state index contributed by atoms with van der Waals surface area (Å²) in [6, 6.07) is 22.8. The van der Waals surface area contributed by atoms with Crippen LogP contribution in [-0.2, 0) is 10.0 Å². The molecule has 1 heterocycles. The van der Waals surface area contributed by atoms with Crippen LogP contribution in [-0.4, -0.2) is 74.2 Å². The molecule has 45 heavy (non-hydrogen) atoms. The average molecular weight is 651 g/mol. The summed E-state index contributed by atoms with van der Waals surface area (Å²) < 4.78 is 35.0. The molecule has 4 aromatic carbocycles. The number of halogens is 1. The van der Waals surface area contributed by atoms with Crippen molar-refractivity contribution < 1.29 is 27.9 Å². The fourth-order valence-electron chi connectivity index (χ4n) is 5.23. The molecule has 1 aliphatic heterocycles. The van der Waals surface area contributed by atoms with Crippen molar-refractivity contribution in [1.82, 2.24) is 9.80 Å². The van der Waals surface area contributed by atoms with Crippen molar-refractivity contribution in [2.45, 2.75) is 30.9 Å². The van der Waals surface area contributed by atoms with Gasteiger partial charge in [-0.25, -0.2) is 13.2 Å². The first kappa shape index (κ1) is 32.1. The number of fused-ring (bicyclic) bond motifs is 2. The van der Waals surface area contributed by atoms with E-state index in [9.17, 15) is 23.1 Å². The smallest absolute Gasteiger partial charge is 0.321 e. The molecule has 5 rings (SSSR count). The molecule has 0 saturated carbocycles. The average Bonchev–Trinajstić information content (AvgIpc) is 3.02. The predicted octanol–water partition coefficient (Wildman–Crippen LogP) is 5.68. The van der Waals surface area contributed by atoms with Gasteiger partial charge in [-0.15, -0.1) is 0 Å². The van der Waals surface area contributed by atoms with Gasteiger partial charge in [-0.3, -0.25) is 9.52 Å². The number of nitrogens with zero attached hydrogens (tertiary/aromatic N) is 2. The highest BCUT2D eigenvalue weighted by Crippen LogP contribution is 2.32. The molecular formula is C33H35ClN4O6S. The largest absolute Gasteiger partial charge is 0.487 e. The van der Waals surface area contributed by atoms with Crippen LogP contribution in [0.2, 0.25) is 5.02 Å². The van der Waals surface area contributed by atoms with Gasteiger partial charge in [0.2, 0.25) is 0 Å². The lowest BCUT2D eigenvalue weighted by molar-refractivity contribution is 0.0371. The number of amides is 3. The number of benzene rings is 4. The molecule has 3 N–H and O–H groups in total. The van der Waals surface area contributed by atoms with Crippen molar-refractivity contribution >= 4 is 55.7 Å². The molecule has 0 unspecified atom stereocenters. The van der Waals surface area contributed by atoms with E-state index in [0.717, 1.165) is 10.8 Å². The lowest BCUT2D eigenvalue weighted by atomic mass is 9.99. The lowest BCUT2D eigenvalue weighted by Gasteiger charge is -2.38. The summed E-state index contributed by atoms with van der Waals surface area (Å²) in [5.41, 5.74) is 0.976. The van der Waals surface area contributed by atoms with Gasteiger partial charge in [-0.1, -0.05) is 54.9 Å². The molecule has 4 aromatic rings. The van der Waals surface area contributed by atoms with Gasteiger partial charge in [0, 0.05) is 35.6 Å². The van der Waals surface area contributed by atoms with Crippen molar-refractivity contribution in [3.63, 3.8) is 0 Å². The first-order valence-electron chi connectivity index (χ1n) is 14.5. The maximum atomic E-state index is 13.8. The van der Waals surface area contributed by atoms with E-state index >= 15 is 0 Å². The quantitative estimate of drug-likeness (QED) is 0.225. The van der Waals surface area contributed by atoms with Crippen LogP contribution in [0.15, 0.2) is 89.8 Å². The number of likely N-dealkylation sites (N-methyl/N-ethyl adjacent to an activating group) is 1. The number of carbonyl (C=O) groups excluding carboxylic acids is 2. The molecular weight excluding hydrogens is 616 g/mol. The molecule has 0 radical (unpaired) electrons. The fraction of sp³-hybridized carbons (Fsp3) is 0.273. The third-order valence-corrected chi connectivity index (χ3v) is 9.52. The topological polar surface area (TPSA) is 128 Å². The Kier molecular flexibility index (Phi) is 9.52. The number of anilines is 2. The second-order valence-corrected chi connectivity index (χ2v) is 13.3. The summed E-state index contributed by atoms with van der Waals surface area (Å²) >= 11 is 5.91. The van der Waals surface area contributed by atoms with E-state index in [1.807, 2.05) is 49.4 Å². The standard InChI is InChI=1S/C33H35ClN4O6S/c1-21-18-38(22(2)20-39)32(40)28-17-25(36-45(42,43)26-14-11-24(34)12-15-26)13-16-30(28)44-31(21)19-37(3)33(41)35-29-10-6-8-23-7-4-5-9-27(23)29/h4-17,21-22,31,36,39H,18-20H2,1-3H3,(H,35,41)/t21-,22+,31+/m0/s1. The third-order valence-electron chi connectivity index (χ3n) is 7.87. The Balaban J connectivity index is 1.40. The number of aliphatic hydroxyl groups excluding tert-OH is 1. The Bertz CT molecular complexity index is 1810. The summed E-state index contributed by atoms with van der Waals surface area (Å²) in [6.07, 6.45) is -0.537. The zero-order valence-corrected chi connectivity index (χ0v) is 26.7. The monoisotopic (exact) mass is 650 g/mol. The fourth-order valence-corrected chi connectivity index (χ4v) is 6.41. The summed E-state index contributed by atoms with van der Waals surface area (Å²) in [6.45, 7) is 3.82. The molecule has 0 bridgehead atoms. The van der Waals surface area contributed by atoms with E-state index in [2.05, 4.69) is 10.0 Å². The molecule has 12 heteroatoms. The summed E-state index contributed by atoms with van der Waals surface area (Å²) in [5, 5.41) is 15.3. The maximum absolute atomic E-state index is 13.8. The van der Waals surface area contributed by atoms with E-state index in [1.54, 1.807) is 18.9 Å². The SMILES string of the molecule is C[C@H](CO)N1C[C@H](C)[C@@H](CN(C)C(=O)Nc2cccc3ccccc23)Oc2ccc(NS(=O)(=O)c3ccc(Cl)cc3)cc2C1=O. The van der Waals surface area contributed by atoms with Crippen molar-refractivity contribution in [1.29, 1.82) is 0 Å². The molecule has 0 spiro atoms. The molecule has 3 amide bonds. The van der Waals surface area contributed by atoms with Crippen molar-refractivity contribution in [3.05, 3.63) is 95.5 Å². The Labute approximate surface area is 267 Å². The van der Waals surface area contributed by atoms with Crippen molar-refractivity contribution in [3.8, 4) is 5.75 Å². The number of urea groups is 1. The second kappa shape index (κ2) is 13.4. The highest BCUT2D eigenvalue weighted by molar-refractivity contribution is 7.92. The zero-order chi connectivity index (χ0) is 32.3. The summed E-state index contributed by atoms with van der Waals surface area (Å²) in [7, 11) is -2.30. The molecule has 3 atom stereocenters. The van der Waals surface area contributed by atoms with Crippen LogP contribution in [0.3, 0.4) is 0 Å². The second-order valence-electron chi connectivity index (χ2n) is 11.2. The van der Waals surface area contributed by atoms with E-state index in [1.165, 1.54) is 47.4 Å². The van der Waals surface area contributed by atoms with Crippen LogP contribution in [0, 0.1) is 5.92 Å². The number of hydrogen-bond acceptors (Lipinski definition) is 6. The van der Waals surface area contributed by atoms with Crippen LogP contribution >= 0.6 is 11.6 Å². The molecule has 1 aliphatic rings. The highest BCUT2D eigenvalue weighted by Gasteiger charge is 2.34. The predicted molar refractivity (Wildman–Crippen MR) is 175 cm³/mol. The Morgan fingerprint density at radius 2 is 1.80 bits per heavy atom. The van der Waals surface area contributed by atoms with E-state index in [0.29, 0.717) is 10.7 Å². The molecule has 0 saturated heterocycles. The van der Waals surface area contributed by atoms with Crippen LogP contribution < -0.4 is 14.8 Å². The molecule has 0 aromatic heterocycles. The number of nitrogens with one attached hydrogen (secondary N) is 2. The maximum Gasteiger partial charge on any atom is 0.321 e. The molecule has 10 nitrogen and oxygen atoms in total. The van der Waals surface area contributed by atoms with Gasteiger partial charge in [0.25, 0.3) is 15.9 Å². The number of rotatable bonds is 8. The Morgan fingerprint density at radius 3 is 2.53 bits per heavy atom. The normalized spacial score (nSPS) is 17.4. The van der Waals surface area contributed by atoms with Gasteiger partial charge in [-0.05, 0) is 60.8 Å². The Hall–Kier alpha value is -4.32. The van der Waals surface area contributed by atoms with Crippen LogP contribution in [0.4, 0.5) is 16.2 Å². The van der Waals surface area contributed by atoms with Crippen LogP contribution in [0.5, 0.6) is 5.75 Å². The number of sulfonamides is 1. The van der Waals surface area contributed by atoms with Gasteiger partial charge in [-0.2, -0.15) is 0 Å². The Morgan fingerprint density at radius 1 is 1.09 bits per heavy atom. The van der Waals surface area contributed by atoms with Gasteiger partial charge in [0.1, 0.15) is 11.9 Å². The van der Waals surface area contributed by atoms with Crippen LogP contribution in [0.1, 0.15) is 24.2 Å². The van der Waals surface area contributed by atoms with Gasteiger partial charge < -0.3 is 25.0 Å². The minimum Gasteiger partial charge on any atom is -0.487 e. The lowest BCUT2D eigenvalue weighted by Crippen LogP contribution is -2.50. The van der Waals surface area contributed by atoms with Gasteiger partial charge >= 0.3 is 6.03 Å². The highest BCUT2D eigenvalue weighted by atomic mass is 35.5.